The van der Waals surface area contributed by atoms with Crippen LogP contribution in [0.3, 0.4) is 0 Å². The minimum atomic E-state index is 0.845. The summed E-state index contributed by atoms with van der Waals surface area (Å²) in [5.74, 6) is 5.79. The molecular formula is C14H22N2S. The van der Waals surface area contributed by atoms with Crippen molar-refractivity contribution in [1.82, 2.24) is 9.55 Å². The summed E-state index contributed by atoms with van der Waals surface area (Å²) >= 11 is 2.13. The fourth-order valence-electron chi connectivity index (χ4n) is 3.09. The molecule has 1 saturated heterocycles. The minimum absolute atomic E-state index is 0.845. The number of nitrogens with zero attached hydrogens (tertiary/aromatic N) is 2. The second-order valence-corrected chi connectivity index (χ2v) is 6.85. The van der Waals surface area contributed by atoms with Gasteiger partial charge in [-0.15, -0.1) is 0 Å². The van der Waals surface area contributed by atoms with E-state index in [-0.39, 0.29) is 0 Å². The fourth-order valence-corrected chi connectivity index (χ4v) is 4.24. The van der Waals surface area contributed by atoms with Gasteiger partial charge in [-0.05, 0) is 49.0 Å². The molecule has 0 N–H and O–H groups in total. The summed E-state index contributed by atoms with van der Waals surface area (Å²) in [5.41, 5.74) is 1.47. The number of rotatable bonds is 2. The summed E-state index contributed by atoms with van der Waals surface area (Å²) in [6.45, 7) is 3.56. The maximum atomic E-state index is 4.68. The fraction of sp³-hybridized carbons (Fsp3) is 0.786. The molecule has 2 aliphatic heterocycles. The van der Waals surface area contributed by atoms with Crippen molar-refractivity contribution in [2.45, 2.75) is 45.6 Å². The minimum Gasteiger partial charge on any atom is -0.332 e. The summed E-state index contributed by atoms with van der Waals surface area (Å²) in [7, 11) is 0. The van der Waals surface area contributed by atoms with E-state index in [4.69, 9.17) is 0 Å². The van der Waals surface area contributed by atoms with Gasteiger partial charge in [0.15, 0.2) is 0 Å². The maximum absolute atomic E-state index is 4.68. The molecule has 0 amide bonds. The lowest BCUT2D eigenvalue weighted by Crippen LogP contribution is -2.21. The molecule has 0 spiro atoms. The Bertz CT molecular complexity index is 380. The number of imidazole rings is 1. The van der Waals surface area contributed by atoms with E-state index in [1.165, 1.54) is 61.7 Å². The summed E-state index contributed by atoms with van der Waals surface area (Å²) < 4.78 is 2.50. The van der Waals surface area contributed by atoms with E-state index >= 15 is 0 Å². The molecule has 3 heteroatoms. The van der Waals surface area contributed by atoms with Crippen LogP contribution in [-0.2, 0) is 19.4 Å². The van der Waals surface area contributed by atoms with Gasteiger partial charge in [0.25, 0.3) is 0 Å². The Kier molecular flexibility index (Phi) is 3.46. The zero-order valence-electron chi connectivity index (χ0n) is 10.7. The third-order valence-corrected chi connectivity index (χ3v) is 5.43. The molecule has 2 atom stereocenters. The van der Waals surface area contributed by atoms with Crippen LogP contribution < -0.4 is 0 Å². The maximum Gasteiger partial charge on any atom is 0.109 e. The Morgan fingerprint density at radius 2 is 2.41 bits per heavy atom. The van der Waals surface area contributed by atoms with Crippen LogP contribution in [0.4, 0.5) is 0 Å². The number of hydrogen-bond acceptors (Lipinski definition) is 2. The molecule has 0 aromatic carbocycles. The van der Waals surface area contributed by atoms with Crippen molar-refractivity contribution in [3.8, 4) is 0 Å². The summed E-state index contributed by atoms with van der Waals surface area (Å²) in [4.78, 5) is 4.68. The highest BCUT2D eigenvalue weighted by Crippen LogP contribution is 2.27. The molecule has 1 aromatic rings. The van der Waals surface area contributed by atoms with Gasteiger partial charge in [-0.3, -0.25) is 0 Å². The van der Waals surface area contributed by atoms with E-state index in [2.05, 4.69) is 34.4 Å². The van der Waals surface area contributed by atoms with Crippen molar-refractivity contribution in [2.24, 2.45) is 11.8 Å². The molecule has 0 saturated carbocycles. The first-order valence-corrected chi connectivity index (χ1v) is 8.09. The molecule has 2 unspecified atom stereocenters. The molecule has 0 bridgehead atoms. The quantitative estimate of drug-likeness (QED) is 0.802. The van der Waals surface area contributed by atoms with Crippen molar-refractivity contribution < 1.29 is 0 Å². The van der Waals surface area contributed by atoms with Gasteiger partial charge in [0.1, 0.15) is 5.82 Å². The zero-order valence-corrected chi connectivity index (χ0v) is 11.5. The predicted octanol–water partition coefficient (Wildman–Crippen LogP) is 3.15. The van der Waals surface area contributed by atoms with Crippen molar-refractivity contribution >= 4 is 11.8 Å². The van der Waals surface area contributed by atoms with Crippen molar-refractivity contribution in [3.63, 3.8) is 0 Å². The van der Waals surface area contributed by atoms with Gasteiger partial charge in [0.2, 0.25) is 0 Å². The van der Waals surface area contributed by atoms with Crippen molar-refractivity contribution in [3.05, 3.63) is 17.7 Å². The molecule has 17 heavy (non-hydrogen) atoms. The van der Waals surface area contributed by atoms with Crippen LogP contribution in [-0.4, -0.2) is 21.1 Å². The van der Waals surface area contributed by atoms with E-state index in [1.54, 1.807) is 0 Å². The van der Waals surface area contributed by atoms with Crippen molar-refractivity contribution in [2.75, 3.05) is 11.5 Å². The first kappa shape index (κ1) is 11.6. The molecule has 3 rings (SSSR count). The predicted molar refractivity (Wildman–Crippen MR) is 73.5 cm³/mol. The van der Waals surface area contributed by atoms with Gasteiger partial charge < -0.3 is 4.57 Å². The van der Waals surface area contributed by atoms with E-state index in [0.29, 0.717) is 0 Å². The standard InChI is InChI=1S/C14H22N2S/c1-11-4-5-16-13(7-11)9-15-14(16)8-12-3-2-6-17-10-12/h9,11-12H,2-8,10H2,1H3. The lowest BCUT2D eigenvalue weighted by Gasteiger charge is -2.24. The van der Waals surface area contributed by atoms with Crippen LogP contribution in [0.1, 0.15) is 37.7 Å². The third-order valence-electron chi connectivity index (χ3n) is 4.15. The number of fused-ring (bicyclic) bond motifs is 1. The first-order chi connectivity index (χ1) is 8.33. The molecular weight excluding hydrogens is 228 g/mol. The molecule has 0 aliphatic carbocycles. The largest absolute Gasteiger partial charge is 0.332 e. The lowest BCUT2D eigenvalue weighted by atomic mass is 9.97. The molecule has 0 radical (unpaired) electrons. The first-order valence-electron chi connectivity index (χ1n) is 6.94. The monoisotopic (exact) mass is 250 g/mol. The van der Waals surface area contributed by atoms with Crippen LogP contribution in [0.15, 0.2) is 6.20 Å². The summed E-state index contributed by atoms with van der Waals surface area (Å²) in [6, 6.07) is 0. The second-order valence-electron chi connectivity index (χ2n) is 5.70. The van der Waals surface area contributed by atoms with Crippen molar-refractivity contribution in [1.29, 1.82) is 0 Å². The molecule has 1 aromatic heterocycles. The van der Waals surface area contributed by atoms with Crippen LogP contribution in [0.25, 0.3) is 0 Å². The highest BCUT2D eigenvalue weighted by molar-refractivity contribution is 7.99. The van der Waals surface area contributed by atoms with E-state index in [1.807, 2.05) is 0 Å². The van der Waals surface area contributed by atoms with E-state index in [0.717, 1.165) is 11.8 Å². The number of hydrogen-bond donors (Lipinski definition) is 0. The van der Waals surface area contributed by atoms with Crippen LogP contribution >= 0.6 is 11.8 Å². The Hall–Kier alpha value is -0.440. The van der Waals surface area contributed by atoms with Crippen LogP contribution in [0, 0.1) is 11.8 Å². The van der Waals surface area contributed by atoms with Gasteiger partial charge in [0.05, 0.1) is 0 Å². The second kappa shape index (κ2) is 5.05. The summed E-state index contributed by atoms with van der Waals surface area (Å²) in [6.07, 6.45) is 8.70. The highest BCUT2D eigenvalue weighted by atomic mass is 32.2. The van der Waals surface area contributed by atoms with Crippen LogP contribution in [0.2, 0.25) is 0 Å². The molecule has 3 heterocycles. The molecule has 94 valence electrons. The Morgan fingerprint density at radius 1 is 1.47 bits per heavy atom. The lowest BCUT2D eigenvalue weighted by molar-refractivity contribution is 0.399. The molecule has 2 nitrogen and oxygen atoms in total. The highest BCUT2D eigenvalue weighted by Gasteiger charge is 2.21. The van der Waals surface area contributed by atoms with Gasteiger partial charge >= 0.3 is 0 Å². The average molecular weight is 250 g/mol. The average Bonchev–Trinajstić information content (AvgIpc) is 2.73. The molecule has 1 fully saturated rings. The number of thioether (sulfide) groups is 1. The Balaban J connectivity index is 1.71. The smallest absolute Gasteiger partial charge is 0.109 e. The summed E-state index contributed by atoms with van der Waals surface area (Å²) in [5, 5.41) is 0. The zero-order chi connectivity index (χ0) is 11.7. The van der Waals surface area contributed by atoms with Gasteiger partial charge in [-0.1, -0.05) is 6.92 Å². The van der Waals surface area contributed by atoms with Crippen LogP contribution in [0.5, 0.6) is 0 Å². The van der Waals surface area contributed by atoms with E-state index in [9.17, 15) is 0 Å². The molecule has 2 aliphatic rings. The SMILES string of the molecule is CC1CCn2c(cnc2CC2CCCSC2)C1. The Morgan fingerprint density at radius 3 is 3.24 bits per heavy atom. The Labute approximate surface area is 108 Å². The third kappa shape index (κ3) is 2.54. The van der Waals surface area contributed by atoms with E-state index < -0.39 is 0 Å². The normalized spacial score (nSPS) is 29.0. The van der Waals surface area contributed by atoms with Gasteiger partial charge in [-0.25, -0.2) is 4.98 Å². The van der Waals surface area contributed by atoms with Gasteiger partial charge in [0, 0.05) is 24.9 Å². The number of aromatic nitrogens is 2. The topological polar surface area (TPSA) is 17.8 Å². The van der Waals surface area contributed by atoms with Gasteiger partial charge in [-0.2, -0.15) is 11.8 Å².